The third kappa shape index (κ3) is 2.72. The van der Waals surface area contributed by atoms with Crippen LogP contribution in [0.3, 0.4) is 0 Å². The Kier molecular flexibility index (Phi) is 3.89. The van der Waals surface area contributed by atoms with Crippen molar-refractivity contribution in [3.8, 4) is 5.69 Å². The second-order valence-corrected chi connectivity index (χ2v) is 4.21. The molecule has 0 spiro atoms. The molecular formula is C11H7Cl2N3S. The standard InChI is InChI=1S/C11H7Cl2N3S/c12-9-6-8(14-3-5-17)7-10(13)11(9)16-4-1-2-15-16/h1-7H. The van der Waals surface area contributed by atoms with Gasteiger partial charge in [0.25, 0.3) is 0 Å². The van der Waals surface area contributed by atoms with Crippen molar-refractivity contribution in [2.75, 3.05) is 0 Å². The molecule has 1 aromatic carbocycles. The monoisotopic (exact) mass is 283 g/mol. The van der Waals surface area contributed by atoms with Gasteiger partial charge in [0, 0.05) is 24.0 Å². The molecule has 0 unspecified atom stereocenters. The van der Waals surface area contributed by atoms with Crippen LogP contribution in [0.25, 0.3) is 5.69 Å². The first-order chi connectivity index (χ1) is 8.22. The van der Waals surface area contributed by atoms with Gasteiger partial charge in [0.1, 0.15) is 5.69 Å². The molecule has 1 aromatic heterocycles. The highest BCUT2D eigenvalue weighted by Gasteiger charge is 2.10. The molecular weight excluding hydrogens is 277 g/mol. The van der Waals surface area contributed by atoms with E-state index in [0.717, 1.165) is 0 Å². The van der Waals surface area contributed by atoms with Gasteiger partial charge >= 0.3 is 0 Å². The summed E-state index contributed by atoms with van der Waals surface area (Å²) >= 11 is 17.0. The van der Waals surface area contributed by atoms with Crippen LogP contribution < -0.4 is 0 Å². The van der Waals surface area contributed by atoms with Crippen LogP contribution in [-0.2, 0) is 0 Å². The summed E-state index contributed by atoms with van der Waals surface area (Å²) in [6.07, 6.45) is 4.93. The van der Waals surface area contributed by atoms with E-state index in [2.05, 4.69) is 22.3 Å². The molecule has 0 saturated carbocycles. The van der Waals surface area contributed by atoms with E-state index >= 15 is 0 Å². The zero-order valence-corrected chi connectivity index (χ0v) is 10.9. The summed E-state index contributed by atoms with van der Waals surface area (Å²) in [4.78, 5) is 4.09. The fourth-order valence-corrected chi connectivity index (χ4v) is 2.07. The Hall–Kier alpha value is -1.23. The second-order valence-electron chi connectivity index (χ2n) is 3.12. The van der Waals surface area contributed by atoms with E-state index in [0.29, 0.717) is 21.4 Å². The highest BCUT2D eigenvalue weighted by atomic mass is 35.5. The average Bonchev–Trinajstić information content (AvgIpc) is 2.79. The largest absolute Gasteiger partial charge is 0.256 e. The Bertz CT molecular complexity index is 541. The normalized spacial score (nSPS) is 10.9. The van der Waals surface area contributed by atoms with Crippen LogP contribution in [0.2, 0.25) is 10.0 Å². The van der Waals surface area contributed by atoms with E-state index in [1.165, 1.54) is 11.6 Å². The van der Waals surface area contributed by atoms with Crippen molar-refractivity contribution in [1.82, 2.24) is 9.78 Å². The number of nitrogens with zero attached hydrogens (tertiary/aromatic N) is 3. The molecule has 2 rings (SSSR count). The fourth-order valence-electron chi connectivity index (χ4n) is 1.36. The van der Waals surface area contributed by atoms with E-state index in [9.17, 15) is 0 Å². The average molecular weight is 284 g/mol. The Balaban J connectivity index is 2.50. The van der Waals surface area contributed by atoms with Crippen LogP contribution in [0.5, 0.6) is 0 Å². The van der Waals surface area contributed by atoms with E-state index < -0.39 is 0 Å². The van der Waals surface area contributed by atoms with Gasteiger partial charge in [0.15, 0.2) is 0 Å². The minimum atomic E-state index is 0.484. The first kappa shape index (κ1) is 12.2. The SMILES string of the molecule is S=CC=Nc1cc(Cl)c(-n2cccn2)c(Cl)c1. The highest BCUT2D eigenvalue weighted by molar-refractivity contribution is 7.80. The molecule has 0 amide bonds. The summed E-state index contributed by atoms with van der Waals surface area (Å²) in [7, 11) is 0. The Morgan fingerprint density at radius 2 is 2.00 bits per heavy atom. The quantitative estimate of drug-likeness (QED) is 0.632. The maximum Gasteiger partial charge on any atom is 0.102 e. The molecule has 2 aromatic rings. The summed E-state index contributed by atoms with van der Waals surface area (Å²) < 4.78 is 1.61. The first-order valence-electron chi connectivity index (χ1n) is 4.69. The number of rotatable bonds is 3. The molecule has 0 aliphatic heterocycles. The number of aromatic nitrogens is 2. The lowest BCUT2D eigenvalue weighted by molar-refractivity contribution is 0.881. The molecule has 17 heavy (non-hydrogen) atoms. The predicted molar refractivity (Wildman–Crippen MR) is 75.4 cm³/mol. The molecule has 0 aliphatic rings. The molecule has 0 saturated heterocycles. The van der Waals surface area contributed by atoms with Gasteiger partial charge in [-0.2, -0.15) is 5.10 Å². The number of hydrogen-bond donors (Lipinski definition) is 0. The Labute approximate surface area is 114 Å². The number of aliphatic imine (C=N–C) groups is 1. The molecule has 1 heterocycles. The lowest BCUT2D eigenvalue weighted by Gasteiger charge is -2.07. The number of thiocarbonyl (C=S) groups is 1. The molecule has 0 bridgehead atoms. The van der Waals surface area contributed by atoms with Gasteiger partial charge in [0.2, 0.25) is 0 Å². The van der Waals surface area contributed by atoms with Crippen molar-refractivity contribution in [2.45, 2.75) is 0 Å². The van der Waals surface area contributed by atoms with E-state index in [-0.39, 0.29) is 0 Å². The number of hydrogen-bond acceptors (Lipinski definition) is 3. The molecule has 0 fully saturated rings. The molecule has 86 valence electrons. The van der Waals surface area contributed by atoms with Gasteiger partial charge in [-0.05, 0) is 18.2 Å². The van der Waals surface area contributed by atoms with Gasteiger partial charge in [-0.15, -0.1) is 0 Å². The van der Waals surface area contributed by atoms with Crippen LogP contribution in [0.15, 0.2) is 35.6 Å². The van der Waals surface area contributed by atoms with Crippen molar-refractivity contribution in [2.24, 2.45) is 4.99 Å². The van der Waals surface area contributed by atoms with E-state index in [1.54, 1.807) is 35.3 Å². The Morgan fingerprint density at radius 3 is 2.53 bits per heavy atom. The molecule has 3 nitrogen and oxygen atoms in total. The summed E-state index contributed by atoms with van der Waals surface area (Å²) in [5.74, 6) is 0. The topological polar surface area (TPSA) is 30.2 Å². The van der Waals surface area contributed by atoms with Crippen LogP contribution in [0.4, 0.5) is 5.69 Å². The summed E-state index contributed by atoms with van der Waals surface area (Å²) in [6, 6.07) is 5.21. The maximum atomic E-state index is 6.15. The molecule has 0 atom stereocenters. The van der Waals surface area contributed by atoms with Crippen LogP contribution in [-0.4, -0.2) is 21.4 Å². The predicted octanol–water partition coefficient (Wildman–Crippen LogP) is 3.88. The molecule has 0 aliphatic carbocycles. The lowest BCUT2D eigenvalue weighted by Crippen LogP contribution is -1.96. The van der Waals surface area contributed by atoms with Gasteiger partial charge < -0.3 is 0 Å². The van der Waals surface area contributed by atoms with E-state index in [1.807, 2.05) is 0 Å². The first-order valence-corrected chi connectivity index (χ1v) is 5.92. The van der Waals surface area contributed by atoms with Gasteiger partial charge in [-0.3, -0.25) is 4.99 Å². The van der Waals surface area contributed by atoms with Crippen molar-refractivity contribution in [3.05, 3.63) is 40.6 Å². The van der Waals surface area contributed by atoms with E-state index in [4.69, 9.17) is 23.2 Å². The maximum absolute atomic E-state index is 6.15. The zero-order valence-electron chi connectivity index (χ0n) is 8.55. The minimum absolute atomic E-state index is 0.484. The highest BCUT2D eigenvalue weighted by Crippen LogP contribution is 2.32. The van der Waals surface area contributed by atoms with Crippen LogP contribution in [0, 0.1) is 0 Å². The van der Waals surface area contributed by atoms with Crippen molar-refractivity contribution in [3.63, 3.8) is 0 Å². The van der Waals surface area contributed by atoms with Gasteiger partial charge in [0.05, 0.1) is 15.7 Å². The zero-order chi connectivity index (χ0) is 12.3. The number of benzene rings is 1. The summed E-state index contributed by atoms with van der Waals surface area (Å²) in [6.45, 7) is 0. The Morgan fingerprint density at radius 1 is 1.29 bits per heavy atom. The smallest absolute Gasteiger partial charge is 0.102 e. The molecule has 0 N–H and O–H groups in total. The van der Waals surface area contributed by atoms with Crippen LogP contribution in [0.1, 0.15) is 0 Å². The van der Waals surface area contributed by atoms with Gasteiger partial charge in [-0.1, -0.05) is 35.4 Å². The summed E-state index contributed by atoms with van der Waals surface area (Å²) in [5, 5.41) is 6.47. The van der Waals surface area contributed by atoms with Crippen molar-refractivity contribution >= 4 is 52.7 Å². The van der Waals surface area contributed by atoms with Crippen molar-refractivity contribution < 1.29 is 0 Å². The van der Waals surface area contributed by atoms with Crippen LogP contribution >= 0.6 is 35.4 Å². The number of halogens is 2. The molecule has 6 heteroatoms. The second kappa shape index (κ2) is 5.40. The molecule has 0 radical (unpaired) electrons. The lowest BCUT2D eigenvalue weighted by atomic mass is 10.3. The minimum Gasteiger partial charge on any atom is -0.256 e. The fraction of sp³-hybridized carbons (Fsp3) is 0. The van der Waals surface area contributed by atoms with Gasteiger partial charge in [-0.25, -0.2) is 4.68 Å². The third-order valence-corrected chi connectivity index (χ3v) is 2.72. The third-order valence-electron chi connectivity index (χ3n) is 2.02. The van der Waals surface area contributed by atoms with Crippen molar-refractivity contribution in [1.29, 1.82) is 0 Å². The summed E-state index contributed by atoms with van der Waals surface area (Å²) in [5.41, 5.74) is 1.29.